The first kappa shape index (κ1) is 16.5. The van der Waals surface area contributed by atoms with Crippen molar-refractivity contribution in [2.24, 2.45) is 0 Å². The van der Waals surface area contributed by atoms with Crippen molar-refractivity contribution in [3.8, 4) is 0 Å². The molecule has 0 aromatic heterocycles. The maximum Gasteiger partial charge on any atom is 0.141 e. The van der Waals surface area contributed by atoms with E-state index in [1.54, 1.807) is 12.1 Å². The molecule has 0 atom stereocenters. The van der Waals surface area contributed by atoms with Crippen LogP contribution in [0.25, 0.3) is 0 Å². The monoisotopic (exact) mass is 310 g/mol. The number of rotatable bonds is 5. The predicted octanol–water partition coefficient (Wildman–Crippen LogP) is 4.00. The smallest absolute Gasteiger partial charge is 0.141 e. The van der Waals surface area contributed by atoms with E-state index < -0.39 is 0 Å². The quantitative estimate of drug-likeness (QED) is 0.827. The van der Waals surface area contributed by atoms with Gasteiger partial charge in [0.15, 0.2) is 0 Å². The van der Waals surface area contributed by atoms with Gasteiger partial charge in [-0.05, 0) is 57.5 Å². The summed E-state index contributed by atoms with van der Waals surface area (Å²) in [6, 6.07) is 5.46. The minimum Gasteiger partial charge on any atom is -0.310 e. The first-order valence-corrected chi connectivity index (χ1v) is 7.95. The molecule has 1 aromatic rings. The Morgan fingerprint density at radius 1 is 1.38 bits per heavy atom. The summed E-state index contributed by atoms with van der Waals surface area (Å²) >= 11 is 5.80. The molecule has 0 amide bonds. The Labute approximate surface area is 132 Å². The summed E-state index contributed by atoms with van der Waals surface area (Å²) < 4.78 is 13.1. The largest absolute Gasteiger partial charge is 0.310 e. The Bertz CT molecular complexity index is 490. The van der Waals surface area contributed by atoms with Gasteiger partial charge in [-0.2, -0.15) is 0 Å². The molecule has 0 unspecified atom stereocenters. The van der Waals surface area contributed by atoms with E-state index in [1.165, 1.54) is 11.6 Å². The normalized spacial score (nSPS) is 17.0. The number of benzene rings is 1. The molecule has 116 valence electrons. The molecule has 1 aliphatic heterocycles. The van der Waals surface area contributed by atoms with Crippen LogP contribution >= 0.6 is 11.6 Å². The summed E-state index contributed by atoms with van der Waals surface area (Å²) in [4.78, 5) is 2.49. The molecule has 1 fully saturated rings. The maximum atomic E-state index is 13.1. The van der Waals surface area contributed by atoms with Crippen molar-refractivity contribution in [2.45, 2.75) is 39.3 Å². The Kier molecular flexibility index (Phi) is 6.22. The minimum atomic E-state index is -0.354. The van der Waals surface area contributed by atoms with Crippen molar-refractivity contribution >= 4 is 11.6 Å². The molecule has 1 N–H and O–H groups in total. The molecule has 1 aliphatic rings. The maximum absolute atomic E-state index is 13.1. The van der Waals surface area contributed by atoms with Crippen LogP contribution in [0.1, 0.15) is 32.3 Å². The van der Waals surface area contributed by atoms with Crippen molar-refractivity contribution < 1.29 is 4.39 Å². The summed E-state index contributed by atoms with van der Waals surface area (Å²) in [5.74, 6) is -0.354. The molecule has 0 radical (unpaired) electrons. The van der Waals surface area contributed by atoms with Crippen LogP contribution in [0.15, 0.2) is 29.8 Å². The van der Waals surface area contributed by atoms with Crippen LogP contribution in [-0.4, -0.2) is 30.6 Å². The SMILES string of the molecule is CC(C)=CCN1CCC(NCc2ccc(F)c(Cl)c2)CC1. The van der Waals surface area contributed by atoms with Crippen LogP contribution in [-0.2, 0) is 6.54 Å². The van der Waals surface area contributed by atoms with Gasteiger partial charge in [-0.3, -0.25) is 4.90 Å². The highest BCUT2D eigenvalue weighted by Gasteiger charge is 2.17. The number of hydrogen-bond acceptors (Lipinski definition) is 2. The van der Waals surface area contributed by atoms with Crippen LogP contribution in [0.3, 0.4) is 0 Å². The zero-order chi connectivity index (χ0) is 15.2. The Balaban J connectivity index is 1.73. The van der Waals surface area contributed by atoms with Gasteiger partial charge in [0.1, 0.15) is 5.82 Å². The number of halogens is 2. The number of allylic oxidation sites excluding steroid dienone is 1. The number of hydrogen-bond donors (Lipinski definition) is 1. The standard InChI is InChI=1S/C17H24ClFN2/c1-13(2)5-8-21-9-6-15(7-10-21)20-12-14-3-4-17(19)16(18)11-14/h3-5,11,15,20H,6-10,12H2,1-2H3. The molecule has 21 heavy (non-hydrogen) atoms. The fraction of sp³-hybridized carbons (Fsp3) is 0.529. The second-order valence-corrected chi connectivity index (χ2v) is 6.39. The third-order valence-corrected chi connectivity index (χ3v) is 4.21. The Hall–Kier alpha value is -0.900. The summed E-state index contributed by atoms with van der Waals surface area (Å²) in [7, 11) is 0. The van der Waals surface area contributed by atoms with Gasteiger partial charge in [0.05, 0.1) is 5.02 Å². The second kappa shape index (κ2) is 7.92. The van der Waals surface area contributed by atoms with Crippen LogP contribution < -0.4 is 5.32 Å². The van der Waals surface area contributed by atoms with Crippen molar-refractivity contribution in [3.05, 3.63) is 46.3 Å². The lowest BCUT2D eigenvalue weighted by atomic mass is 10.0. The average molecular weight is 311 g/mol. The predicted molar refractivity (Wildman–Crippen MR) is 87.1 cm³/mol. The minimum absolute atomic E-state index is 0.200. The van der Waals surface area contributed by atoms with Gasteiger partial charge in [0.25, 0.3) is 0 Å². The molecule has 1 heterocycles. The molecule has 0 spiro atoms. The number of nitrogens with zero attached hydrogens (tertiary/aromatic N) is 1. The van der Waals surface area contributed by atoms with Crippen molar-refractivity contribution in [3.63, 3.8) is 0 Å². The second-order valence-electron chi connectivity index (χ2n) is 5.99. The van der Waals surface area contributed by atoms with Gasteiger partial charge in [-0.15, -0.1) is 0 Å². The lowest BCUT2D eigenvalue weighted by Gasteiger charge is -2.31. The lowest BCUT2D eigenvalue weighted by Crippen LogP contribution is -2.42. The Morgan fingerprint density at radius 3 is 2.71 bits per heavy atom. The highest BCUT2D eigenvalue weighted by atomic mass is 35.5. The van der Waals surface area contributed by atoms with E-state index >= 15 is 0 Å². The average Bonchev–Trinajstić information content (AvgIpc) is 2.47. The fourth-order valence-electron chi connectivity index (χ4n) is 2.54. The van der Waals surface area contributed by atoms with E-state index in [0.29, 0.717) is 6.04 Å². The summed E-state index contributed by atoms with van der Waals surface area (Å²) in [5.41, 5.74) is 2.41. The van der Waals surface area contributed by atoms with Crippen molar-refractivity contribution in [1.82, 2.24) is 10.2 Å². The molecular formula is C17H24ClFN2. The van der Waals surface area contributed by atoms with Gasteiger partial charge in [-0.1, -0.05) is 29.3 Å². The van der Waals surface area contributed by atoms with Gasteiger partial charge in [0.2, 0.25) is 0 Å². The molecule has 4 heteroatoms. The molecule has 0 saturated carbocycles. The van der Waals surface area contributed by atoms with Gasteiger partial charge < -0.3 is 5.32 Å². The van der Waals surface area contributed by atoms with Gasteiger partial charge in [0, 0.05) is 19.1 Å². The van der Waals surface area contributed by atoms with Crippen LogP contribution in [0, 0.1) is 5.82 Å². The highest BCUT2D eigenvalue weighted by Crippen LogP contribution is 2.17. The lowest BCUT2D eigenvalue weighted by molar-refractivity contribution is 0.214. The zero-order valence-corrected chi connectivity index (χ0v) is 13.6. The van der Waals surface area contributed by atoms with Gasteiger partial charge in [-0.25, -0.2) is 4.39 Å². The van der Waals surface area contributed by atoms with E-state index in [4.69, 9.17) is 11.6 Å². The van der Waals surface area contributed by atoms with Crippen molar-refractivity contribution in [1.29, 1.82) is 0 Å². The third kappa shape index (κ3) is 5.42. The van der Waals surface area contributed by atoms with Gasteiger partial charge >= 0.3 is 0 Å². The van der Waals surface area contributed by atoms with Crippen LogP contribution in [0.4, 0.5) is 4.39 Å². The Morgan fingerprint density at radius 2 is 2.10 bits per heavy atom. The number of likely N-dealkylation sites (tertiary alicyclic amines) is 1. The molecule has 1 saturated heterocycles. The zero-order valence-electron chi connectivity index (χ0n) is 12.8. The summed E-state index contributed by atoms with van der Waals surface area (Å²) in [5, 5.41) is 3.75. The van der Waals surface area contributed by atoms with Crippen molar-refractivity contribution in [2.75, 3.05) is 19.6 Å². The van der Waals surface area contributed by atoms with E-state index in [-0.39, 0.29) is 10.8 Å². The number of piperidine rings is 1. The van der Waals surface area contributed by atoms with E-state index in [0.717, 1.165) is 44.6 Å². The fourth-order valence-corrected chi connectivity index (χ4v) is 2.75. The molecule has 2 nitrogen and oxygen atoms in total. The molecule has 2 rings (SSSR count). The van der Waals surface area contributed by atoms with E-state index in [2.05, 4.69) is 30.1 Å². The molecular weight excluding hydrogens is 287 g/mol. The first-order valence-electron chi connectivity index (χ1n) is 7.57. The summed E-state index contributed by atoms with van der Waals surface area (Å²) in [6.45, 7) is 8.35. The molecule has 0 aliphatic carbocycles. The van der Waals surface area contributed by atoms with E-state index in [1.807, 2.05) is 0 Å². The topological polar surface area (TPSA) is 15.3 Å². The highest BCUT2D eigenvalue weighted by molar-refractivity contribution is 6.30. The molecule has 0 bridgehead atoms. The van der Waals surface area contributed by atoms with Crippen LogP contribution in [0.2, 0.25) is 5.02 Å². The van der Waals surface area contributed by atoms with E-state index in [9.17, 15) is 4.39 Å². The summed E-state index contributed by atoms with van der Waals surface area (Å²) in [6.07, 6.45) is 4.60. The number of nitrogens with one attached hydrogen (secondary N) is 1. The van der Waals surface area contributed by atoms with Crippen LogP contribution in [0.5, 0.6) is 0 Å². The third-order valence-electron chi connectivity index (χ3n) is 3.92. The molecule has 1 aromatic carbocycles. The first-order chi connectivity index (χ1) is 10.0.